The summed E-state index contributed by atoms with van der Waals surface area (Å²) < 4.78 is 4.99. The monoisotopic (exact) mass is 377 g/mol. The van der Waals surface area contributed by atoms with Crippen LogP contribution in [0, 0.1) is 0 Å². The van der Waals surface area contributed by atoms with Crippen molar-refractivity contribution in [1.29, 1.82) is 0 Å². The van der Waals surface area contributed by atoms with Gasteiger partial charge >= 0.3 is 0 Å². The van der Waals surface area contributed by atoms with E-state index < -0.39 is 0 Å². The first-order valence-electron chi connectivity index (χ1n) is 12.3. The first-order valence-corrected chi connectivity index (χ1v) is 12.3. The number of aromatic nitrogens is 2. The normalized spacial score (nSPS) is 11.6. The predicted octanol–water partition coefficient (Wildman–Crippen LogP) is 7.79. The van der Waals surface area contributed by atoms with Crippen LogP contribution in [-0.4, -0.2) is 4.57 Å². The Bertz CT molecular complexity index is 447. The number of imidazole rings is 1. The molecule has 27 heavy (non-hydrogen) atoms. The lowest BCUT2D eigenvalue weighted by Crippen LogP contribution is -2.37. The van der Waals surface area contributed by atoms with Crippen LogP contribution >= 0.6 is 0 Å². The van der Waals surface area contributed by atoms with E-state index in [0.29, 0.717) is 6.04 Å². The van der Waals surface area contributed by atoms with Crippen LogP contribution in [0.5, 0.6) is 0 Å². The van der Waals surface area contributed by atoms with Gasteiger partial charge in [-0.05, 0) is 26.7 Å². The molecule has 0 bridgehead atoms. The van der Waals surface area contributed by atoms with E-state index in [1.165, 1.54) is 109 Å². The van der Waals surface area contributed by atoms with Gasteiger partial charge in [0, 0.05) is 6.42 Å². The Morgan fingerprint density at radius 2 is 1.19 bits per heavy atom. The van der Waals surface area contributed by atoms with Crippen molar-refractivity contribution in [3.8, 4) is 0 Å². The maximum atomic E-state index is 2.50. The van der Waals surface area contributed by atoms with E-state index in [-0.39, 0.29) is 0 Å². The summed E-state index contributed by atoms with van der Waals surface area (Å²) >= 11 is 0. The van der Waals surface area contributed by atoms with E-state index in [2.05, 4.69) is 49.2 Å². The molecule has 2 heteroatoms. The van der Waals surface area contributed by atoms with Gasteiger partial charge in [0.2, 0.25) is 0 Å². The zero-order chi connectivity index (χ0) is 19.7. The first-order chi connectivity index (χ1) is 13.2. The summed E-state index contributed by atoms with van der Waals surface area (Å²) in [6.07, 6.45) is 27.0. The smallest absolute Gasteiger partial charge is 0.234 e. The highest BCUT2D eigenvalue weighted by Gasteiger charge is 2.18. The molecule has 1 aromatic heterocycles. The van der Waals surface area contributed by atoms with Crippen LogP contribution in [0.4, 0.5) is 0 Å². The van der Waals surface area contributed by atoms with Gasteiger partial charge in [0.15, 0.2) is 0 Å². The summed E-state index contributed by atoms with van der Waals surface area (Å²) in [4.78, 5) is 0. The molecule has 158 valence electrons. The number of aryl methyl sites for hydroxylation is 1. The van der Waals surface area contributed by atoms with Crippen molar-refractivity contribution < 1.29 is 4.57 Å². The van der Waals surface area contributed by atoms with E-state index in [9.17, 15) is 0 Å². The van der Waals surface area contributed by atoms with Gasteiger partial charge in [-0.2, -0.15) is 0 Å². The molecular formula is C25H49N2+. The first kappa shape index (κ1) is 24.2. The largest absolute Gasteiger partial charge is 0.256 e. The van der Waals surface area contributed by atoms with E-state index >= 15 is 0 Å². The van der Waals surface area contributed by atoms with Crippen LogP contribution in [0.25, 0.3) is 0 Å². The summed E-state index contributed by atoms with van der Waals surface area (Å²) in [5.41, 5.74) is 0. The Morgan fingerprint density at radius 1 is 0.704 bits per heavy atom. The third-order valence-electron chi connectivity index (χ3n) is 5.85. The summed E-state index contributed by atoms with van der Waals surface area (Å²) in [5, 5.41) is 0. The van der Waals surface area contributed by atoms with E-state index in [1.807, 2.05) is 0 Å². The molecule has 0 N–H and O–H groups in total. The van der Waals surface area contributed by atoms with E-state index in [0.717, 1.165) is 0 Å². The second-order valence-corrected chi connectivity index (χ2v) is 8.75. The number of unbranched alkanes of at least 4 members (excludes halogenated alkanes) is 13. The molecule has 1 heterocycles. The van der Waals surface area contributed by atoms with Crippen LogP contribution in [-0.2, 0) is 13.0 Å². The SMILES string of the molecule is CCCCCCCCCCCCCCCc1n(C(C)C)cc[n+]1CCCC. The zero-order valence-electron chi connectivity index (χ0n) is 19.1. The number of hydrogen-bond donors (Lipinski definition) is 0. The molecule has 0 aliphatic carbocycles. The van der Waals surface area contributed by atoms with Gasteiger partial charge in [0.05, 0.1) is 12.6 Å². The number of nitrogens with zero attached hydrogens (tertiary/aromatic N) is 2. The van der Waals surface area contributed by atoms with Crippen molar-refractivity contribution >= 4 is 0 Å². The molecular weight excluding hydrogens is 328 g/mol. The van der Waals surface area contributed by atoms with Crippen LogP contribution in [0.2, 0.25) is 0 Å². The fraction of sp³-hybridized carbons (Fsp3) is 0.880. The number of rotatable bonds is 18. The van der Waals surface area contributed by atoms with Crippen LogP contribution in [0.15, 0.2) is 12.4 Å². The van der Waals surface area contributed by atoms with Gasteiger partial charge in [-0.25, -0.2) is 9.13 Å². The van der Waals surface area contributed by atoms with Crippen molar-refractivity contribution in [2.24, 2.45) is 0 Å². The average Bonchev–Trinajstić information content (AvgIpc) is 3.06. The van der Waals surface area contributed by atoms with Crippen molar-refractivity contribution in [3.05, 3.63) is 18.2 Å². The molecule has 0 aromatic carbocycles. The van der Waals surface area contributed by atoms with Crippen LogP contribution in [0.3, 0.4) is 0 Å². The molecule has 2 nitrogen and oxygen atoms in total. The molecule has 0 aliphatic heterocycles. The van der Waals surface area contributed by atoms with Gasteiger partial charge in [0.25, 0.3) is 5.82 Å². The minimum absolute atomic E-state index is 0.574. The Kier molecular flexibility index (Phi) is 14.5. The molecule has 0 radical (unpaired) electrons. The van der Waals surface area contributed by atoms with Gasteiger partial charge in [0.1, 0.15) is 12.4 Å². The van der Waals surface area contributed by atoms with E-state index in [4.69, 9.17) is 0 Å². The van der Waals surface area contributed by atoms with Gasteiger partial charge < -0.3 is 0 Å². The van der Waals surface area contributed by atoms with Crippen molar-refractivity contribution in [1.82, 2.24) is 4.57 Å². The molecule has 1 rings (SSSR count). The fourth-order valence-corrected chi connectivity index (χ4v) is 4.05. The highest BCUT2D eigenvalue weighted by molar-refractivity contribution is 4.86. The van der Waals surface area contributed by atoms with Crippen LogP contribution in [0.1, 0.15) is 136 Å². The molecule has 0 fully saturated rings. The molecule has 0 saturated heterocycles. The third-order valence-corrected chi connectivity index (χ3v) is 5.85. The summed E-state index contributed by atoms with van der Waals surface area (Å²) in [6, 6.07) is 0.574. The standard InChI is InChI=1S/C25H49N2/c1-5-7-9-10-11-12-13-14-15-16-17-18-19-20-25-26(21-8-6-2)22-23-27(25)24(3)4/h22-24H,5-21H2,1-4H3/q+1. The highest BCUT2D eigenvalue weighted by atomic mass is 15.2. The molecule has 0 unspecified atom stereocenters. The zero-order valence-corrected chi connectivity index (χ0v) is 19.1. The molecule has 0 spiro atoms. The minimum atomic E-state index is 0.574. The third kappa shape index (κ3) is 11.0. The summed E-state index contributed by atoms with van der Waals surface area (Å²) in [5.74, 6) is 1.54. The second-order valence-electron chi connectivity index (χ2n) is 8.75. The van der Waals surface area contributed by atoms with Crippen molar-refractivity contribution in [2.45, 2.75) is 143 Å². The Labute approximate surface area is 170 Å². The fourth-order valence-electron chi connectivity index (χ4n) is 4.05. The molecule has 0 aliphatic rings. The van der Waals surface area contributed by atoms with Crippen molar-refractivity contribution in [3.63, 3.8) is 0 Å². The topological polar surface area (TPSA) is 8.81 Å². The van der Waals surface area contributed by atoms with Gasteiger partial charge in [-0.1, -0.05) is 97.3 Å². The number of hydrogen-bond acceptors (Lipinski definition) is 0. The maximum Gasteiger partial charge on any atom is 0.256 e. The lowest BCUT2D eigenvalue weighted by Gasteiger charge is -2.08. The van der Waals surface area contributed by atoms with E-state index in [1.54, 1.807) is 5.82 Å². The maximum absolute atomic E-state index is 2.50. The van der Waals surface area contributed by atoms with Crippen LogP contribution < -0.4 is 4.57 Å². The highest BCUT2D eigenvalue weighted by Crippen LogP contribution is 2.14. The minimum Gasteiger partial charge on any atom is -0.234 e. The summed E-state index contributed by atoms with van der Waals surface area (Å²) in [6.45, 7) is 10.4. The quantitative estimate of drug-likeness (QED) is 0.182. The summed E-state index contributed by atoms with van der Waals surface area (Å²) in [7, 11) is 0. The second kappa shape index (κ2) is 16.2. The van der Waals surface area contributed by atoms with Gasteiger partial charge in [-0.3, -0.25) is 0 Å². The average molecular weight is 378 g/mol. The van der Waals surface area contributed by atoms with Gasteiger partial charge in [-0.15, -0.1) is 0 Å². The van der Waals surface area contributed by atoms with Crippen molar-refractivity contribution in [2.75, 3.05) is 0 Å². The molecule has 0 saturated carbocycles. The molecule has 0 atom stereocenters. The Morgan fingerprint density at radius 3 is 1.67 bits per heavy atom. The molecule has 0 amide bonds. The predicted molar refractivity (Wildman–Crippen MR) is 119 cm³/mol. The Hall–Kier alpha value is -0.790. The lowest BCUT2D eigenvalue weighted by molar-refractivity contribution is -0.704. The lowest BCUT2D eigenvalue weighted by atomic mass is 10.0. The molecule has 1 aromatic rings. The Balaban J connectivity index is 2.08.